The van der Waals surface area contributed by atoms with Crippen molar-refractivity contribution in [3.63, 3.8) is 0 Å². The minimum absolute atomic E-state index is 0.291. The summed E-state index contributed by atoms with van der Waals surface area (Å²) in [6, 6.07) is 4.18. The van der Waals surface area contributed by atoms with Gasteiger partial charge in [-0.2, -0.15) is 0 Å². The van der Waals surface area contributed by atoms with E-state index in [2.05, 4.69) is 39.8 Å². The van der Waals surface area contributed by atoms with E-state index in [4.69, 9.17) is 0 Å². The van der Waals surface area contributed by atoms with Crippen LogP contribution in [-0.4, -0.2) is 5.11 Å². The van der Waals surface area contributed by atoms with Gasteiger partial charge in [0.25, 0.3) is 0 Å². The number of rotatable bonds is 4. The molecule has 2 atom stereocenters. The van der Waals surface area contributed by atoms with E-state index in [-0.39, 0.29) is 6.10 Å². The zero-order valence-corrected chi connectivity index (χ0v) is 10.3. The Morgan fingerprint density at radius 1 is 1.29 bits per heavy atom. The fourth-order valence-corrected chi connectivity index (χ4v) is 2.42. The Morgan fingerprint density at radius 2 is 1.93 bits per heavy atom. The van der Waals surface area contributed by atoms with Gasteiger partial charge in [0, 0.05) is 9.75 Å². The summed E-state index contributed by atoms with van der Waals surface area (Å²) >= 11 is 1.74. The van der Waals surface area contributed by atoms with Crippen LogP contribution in [0.15, 0.2) is 12.1 Å². The van der Waals surface area contributed by atoms with Crippen molar-refractivity contribution in [1.29, 1.82) is 0 Å². The van der Waals surface area contributed by atoms with Gasteiger partial charge in [0.2, 0.25) is 0 Å². The zero-order valence-electron chi connectivity index (χ0n) is 9.45. The van der Waals surface area contributed by atoms with Gasteiger partial charge in [-0.1, -0.05) is 27.7 Å². The molecular formula is C12H20OS. The zero-order chi connectivity index (χ0) is 10.7. The third kappa shape index (κ3) is 2.58. The van der Waals surface area contributed by atoms with Crippen LogP contribution in [-0.2, 0) is 6.42 Å². The predicted molar refractivity (Wildman–Crippen MR) is 62.7 cm³/mol. The van der Waals surface area contributed by atoms with Crippen LogP contribution >= 0.6 is 11.3 Å². The van der Waals surface area contributed by atoms with Crippen molar-refractivity contribution < 1.29 is 5.11 Å². The van der Waals surface area contributed by atoms with Gasteiger partial charge in [-0.25, -0.2) is 0 Å². The molecule has 0 spiro atoms. The van der Waals surface area contributed by atoms with Crippen LogP contribution in [0.25, 0.3) is 0 Å². The van der Waals surface area contributed by atoms with Gasteiger partial charge in [-0.15, -0.1) is 11.3 Å². The number of aliphatic hydroxyl groups is 1. The summed E-state index contributed by atoms with van der Waals surface area (Å²) in [6.45, 7) is 8.57. The number of thiophene rings is 1. The number of aryl methyl sites for hydroxylation is 1. The van der Waals surface area contributed by atoms with E-state index in [1.54, 1.807) is 11.3 Å². The quantitative estimate of drug-likeness (QED) is 0.808. The van der Waals surface area contributed by atoms with Gasteiger partial charge in [-0.3, -0.25) is 0 Å². The largest absolute Gasteiger partial charge is 0.387 e. The molecule has 2 heteroatoms. The molecule has 0 aromatic carbocycles. The van der Waals surface area contributed by atoms with Gasteiger partial charge in [0.15, 0.2) is 0 Å². The van der Waals surface area contributed by atoms with Crippen molar-refractivity contribution in [3.8, 4) is 0 Å². The van der Waals surface area contributed by atoms with Crippen LogP contribution in [0, 0.1) is 11.8 Å². The second kappa shape index (κ2) is 4.94. The van der Waals surface area contributed by atoms with E-state index in [1.165, 1.54) is 4.88 Å². The Bertz CT molecular complexity index is 278. The minimum atomic E-state index is -0.291. The Kier molecular flexibility index (Phi) is 4.14. The average Bonchev–Trinajstić information content (AvgIpc) is 2.63. The lowest BCUT2D eigenvalue weighted by Gasteiger charge is -2.21. The standard InChI is InChI=1S/C12H20OS/c1-5-10-6-7-11(14-10)12(13)9(4)8(2)3/h6-9,12-13H,5H2,1-4H3. The molecular weight excluding hydrogens is 192 g/mol. The summed E-state index contributed by atoms with van der Waals surface area (Å²) in [5.41, 5.74) is 0. The number of hydrogen-bond acceptors (Lipinski definition) is 2. The van der Waals surface area contributed by atoms with Crippen LogP contribution < -0.4 is 0 Å². The molecule has 2 unspecified atom stereocenters. The second-order valence-electron chi connectivity index (χ2n) is 4.21. The first-order valence-corrected chi connectivity index (χ1v) is 6.14. The molecule has 0 fully saturated rings. The average molecular weight is 212 g/mol. The van der Waals surface area contributed by atoms with Crippen molar-refractivity contribution in [2.45, 2.75) is 40.2 Å². The monoisotopic (exact) mass is 212 g/mol. The first-order chi connectivity index (χ1) is 6.56. The summed E-state index contributed by atoms with van der Waals surface area (Å²) in [6.07, 6.45) is 0.772. The fraction of sp³-hybridized carbons (Fsp3) is 0.667. The molecule has 0 aliphatic heterocycles. The highest BCUT2D eigenvalue weighted by Gasteiger charge is 2.20. The third-order valence-electron chi connectivity index (χ3n) is 2.87. The molecule has 0 aliphatic carbocycles. The Morgan fingerprint density at radius 3 is 2.36 bits per heavy atom. The van der Waals surface area contributed by atoms with Crippen molar-refractivity contribution >= 4 is 11.3 Å². The molecule has 1 rings (SSSR count). The second-order valence-corrected chi connectivity index (χ2v) is 5.41. The topological polar surface area (TPSA) is 20.2 Å². The van der Waals surface area contributed by atoms with Gasteiger partial charge in [0.05, 0.1) is 6.10 Å². The number of aliphatic hydroxyl groups excluding tert-OH is 1. The molecule has 1 aromatic heterocycles. The molecule has 0 saturated carbocycles. The van der Waals surface area contributed by atoms with Crippen LogP contribution in [0.4, 0.5) is 0 Å². The predicted octanol–water partition coefficient (Wildman–Crippen LogP) is 3.64. The highest BCUT2D eigenvalue weighted by atomic mass is 32.1. The smallest absolute Gasteiger partial charge is 0.0909 e. The first kappa shape index (κ1) is 11.7. The van der Waals surface area contributed by atoms with E-state index < -0.39 is 0 Å². The molecule has 0 saturated heterocycles. The normalized spacial score (nSPS) is 15.9. The fourth-order valence-electron chi connectivity index (χ4n) is 1.37. The highest BCUT2D eigenvalue weighted by molar-refractivity contribution is 7.12. The summed E-state index contributed by atoms with van der Waals surface area (Å²) in [5.74, 6) is 0.857. The van der Waals surface area contributed by atoms with E-state index in [0.717, 1.165) is 11.3 Å². The molecule has 1 aromatic rings. The molecule has 0 aliphatic rings. The third-order valence-corrected chi connectivity index (χ3v) is 4.17. The molecule has 0 bridgehead atoms. The van der Waals surface area contributed by atoms with Crippen molar-refractivity contribution in [2.24, 2.45) is 11.8 Å². The molecule has 1 nitrogen and oxygen atoms in total. The van der Waals surface area contributed by atoms with E-state index >= 15 is 0 Å². The molecule has 80 valence electrons. The van der Waals surface area contributed by atoms with Crippen molar-refractivity contribution in [3.05, 3.63) is 21.9 Å². The maximum atomic E-state index is 10.1. The lowest BCUT2D eigenvalue weighted by molar-refractivity contribution is 0.0953. The molecule has 14 heavy (non-hydrogen) atoms. The van der Waals surface area contributed by atoms with Gasteiger partial charge in [-0.05, 0) is 30.4 Å². The van der Waals surface area contributed by atoms with Crippen LogP contribution in [0.3, 0.4) is 0 Å². The molecule has 1 N–H and O–H groups in total. The van der Waals surface area contributed by atoms with E-state index in [0.29, 0.717) is 11.8 Å². The molecule has 0 radical (unpaired) electrons. The van der Waals surface area contributed by atoms with Crippen LogP contribution in [0.1, 0.15) is 43.6 Å². The summed E-state index contributed by atoms with van der Waals surface area (Å²) in [4.78, 5) is 2.47. The van der Waals surface area contributed by atoms with E-state index in [1.807, 2.05) is 0 Å². The maximum absolute atomic E-state index is 10.1. The lowest BCUT2D eigenvalue weighted by Crippen LogP contribution is -2.13. The Hall–Kier alpha value is -0.340. The first-order valence-electron chi connectivity index (χ1n) is 5.33. The van der Waals surface area contributed by atoms with E-state index in [9.17, 15) is 5.11 Å². The summed E-state index contributed by atoms with van der Waals surface area (Å²) < 4.78 is 0. The van der Waals surface area contributed by atoms with Crippen LogP contribution in [0.5, 0.6) is 0 Å². The Balaban J connectivity index is 2.73. The van der Waals surface area contributed by atoms with Crippen LogP contribution in [0.2, 0.25) is 0 Å². The SMILES string of the molecule is CCc1ccc(C(O)C(C)C(C)C)s1. The lowest BCUT2D eigenvalue weighted by atomic mass is 9.91. The maximum Gasteiger partial charge on any atom is 0.0909 e. The Labute approximate surface area is 90.8 Å². The van der Waals surface area contributed by atoms with Gasteiger partial charge >= 0.3 is 0 Å². The van der Waals surface area contributed by atoms with Gasteiger partial charge < -0.3 is 5.11 Å². The summed E-state index contributed by atoms with van der Waals surface area (Å²) in [7, 11) is 0. The van der Waals surface area contributed by atoms with Crippen molar-refractivity contribution in [1.82, 2.24) is 0 Å². The number of hydrogen-bond donors (Lipinski definition) is 1. The molecule has 1 heterocycles. The van der Waals surface area contributed by atoms with Gasteiger partial charge in [0.1, 0.15) is 0 Å². The minimum Gasteiger partial charge on any atom is -0.387 e. The van der Waals surface area contributed by atoms with Crippen molar-refractivity contribution in [2.75, 3.05) is 0 Å². The highest BCUT2D eigenvalue weighted by Crippen LogP contribution is 2.32. The summed E-state index contributed by atoms with van der Waals surface area (Å²) in [5, 5.41) is 10.1. The molecule has 0 amide bonds.